The number of hydrogen-bond donors (Lipinski definition) is 0. The first-order valence-corrected chi connectivity index (χ1v) is 9.45. The van der Waals surface area contributed by atoms with E-state index in [4.69, 9.17) is 9.47 Å². The number of carbonyl (C=O) groups excluding carboxylic acids is 1. The van der Waals surface area contributed by atoms with E-state index >= 15 is 0 Å². The van der Waals surface area contributed by atoms with Gasteiger partial charge in [-0.1, -0.05) is 34.1 Å². The highest BCUT2D eigenvalue weighted by molar-refractivity contribution is 9.10. The minimum absolute atomic E-state index is 0.0139. The van der Waals surface area contributed by atoms with Crippen LogP contribution in [0.2, 0.25) is 0 Å². The summed E-state index contributed by atoms with van der Waals surface area (Å²) < 4.78 is 25.5. The third-order valence-corrected chi connectivity index (χ3v) is 5.96. The van der Waals surface area contributed by atoms with Crippen LogP contribution in [0.4, 0.5) is 4.39 Å². The maximum absolute atomic E-state index is 14.0. The SMILES string of the molecule is COc1cc(Br)c(C2SCC(=O)N2Cc2ccccc2F)cc1OC. The fraction of sp³-hybridized carbons (Fsp3) is 0.278. The van der Waals surface area contributed by atoms with Crippen molar-refractivity contribution in [2.24, 2.45) is 0 Å². The number of benzene rings is 2. The molecule has 25 heavy (non-hydrogen) atoms. The predicted octanol–water partition coefficient (Wildman–Crippen LogP) is 4.38. The molecule has 0 N–H and O–H groups in total. The van der Waals surface area contributed by atoms with Gasteiger partial charge in [-0.3, -0.25) is 4.79 Å². The van der Waals surface area contributed by atoms with E-state index in [0.29, 0.717) is 22.8 Å². The summed E-state index contributed by atoms with van der Waals surface area (Å²) in [5, 5.41) is -0.221. The monoisotopic (exact) mass is 425 g/mol. The van der Waals surface area contributed by atoms with Gasteiger partial charge >= 0.3 is 0 Å². The van der Waals surface area contributed by atoms with Gasteiger partial charge < -0.3 is 14.4 Å². The van der Waals surface area contributed by atoms with Gasteiger partial charge in [-0.25, -0.2) is 4.39 Å². The van der Waals surface area contributed by atoms with E-state index in [1.165, 1.54) is 17.8 Å². The maximum Gasteiger partial charge on any atom is 0.234 e. The van der Waals surface area contributed by atoms with Gasteiger partial charge in [0, 0.05) is 22.1 Å². The minimum atomic E-state index is -0.308. The molecule has 0 radical (unpaired) electrons. The van der Waals surface area contributed by atoms with E-state index in [0.717, 1.165) is 10.0 Å². The highest BCUT2D eigenvalue weighted by Crippen LogP contribution is 2.45. The Kier molecular flexibility index (Phi) is 5.54. The first-order chi connectivity index (χ1) is 12.0. The van der Waals surface area contributed by atoms with Gasteiger partial charge in [-0.05, 0) is 18.2 Å². The molecule has 2 aromatic rings. The summed E-state index contributed by atoms with van der Waals surface area (Å²) in [5.74, 6) is 1.23. The van der Waals surface area contributed by atoms with Crippen LogP contribution in [-0.2, 0) is 11.3 Å². The number of thioether (sulfide) groups is 1. The van der Waals surface area contributed by atoms with Crippen molar-refractivity contribution in [3.05, 3.63) is 57.8 Å². The first-order valence-electron chi connectivity index (χ1n) is 7.61. The third-order valence-electron chi connectivity index (χ3n) is 4.04. The zero-order valence-corrected chi connectivity index (χ0v) is 16.2. The van der Waals surface area contributed by atoms with E-state index in [1.54, 1.807) is 37.3 Å². The van der Waals surface area contributed by atoms with E-state index in [-0.39, 0.29) is 23.6 Å². The van der Waals surface area contributed by atoms with Crippen molar-refractivity contribution in [1.29, 1.82) is 0 Å². The van der Waals surface area contributed by atoms with Crippen LogP contribution < -0.4 is 9.47 Å². The Morgan fingerprint density at radius 1 is 1.24 bits per heavy atom. The fourth-order valence-corrected chi connectivity index (χ4v) is 4.66. The van der Waals surface area contributed by atoms with Gasteiger partial charge in [0.15, 0.2) is 11.5 Å². The second kappa shape index (κ2) is 7.66. The Morgan fingerprint density at radius 2 is 1.92 bits per heavy atom. The molecule has 0 saturated carbocycles. The van der Waals surface area contributed by atoms with Crippen molar-refractivity contribution in [3.63, 3.8) is 0 Å². The number of hydrogen-bond acceptors (Lipinski definition) is 4. The average molecular weight is 426 g/mol. The summed E-state index contributed by atoms with van der Waals surface area (Å²) in [6, 6.07) is 10.2. The number of halogens is 2. The molecule has 2 aromatic carbocycles. The van der Waals surface area contributed by atoms with Crippen LogP contribution >= 0.6 is 27.7 Å². The summed E-state index contributed by atoms with van der Waals surface area (Å²) in [6.45, 7) is 0.226. The van der Waals surface area contributed by atoms with E-state index < -0.39 is 0 Å². The Morgan fingerprint density at radius 3 is 2.60 bits per heavy atom. The van der Waals surface area contributed by atoms with E-state index in [2.05, 4.69) is 15.9 Å². The van der Waals surface area contributed by atoms with Crippen molar-refractivity contribution in [1.82, 2.24) is 4.90 Å². The Hall–Kier alpha value is -1.73. The number of ether oxygens (including phenoxy) is 2. The summed E-state index contributed by atoms with van der Waals surface area (Å²) in [7, 11) is 3.14. The van der Waals surface area contributed by atoms with Crippen LogP contribution in [0.15, 0.2) is 40.9 Å². The van der Waals surface area contributed by atoms with E-state index in [1.807, 2.05) is 12.1 Å². The first kappa shape index (κ1) is 18.1. The quantitative estimate of drug-likeness (QED) is 0.712. The lowest BCUT2D eigenvalue weighted by atomic mass is 10.1. The summed E-state index contributed by atoms with van der Waals surface area (Å²) in [4.78, 5) is 14.1. The van der Waals surface area contributed by atoms with Gasteiger partial charge in [0.1, 0.15) is 11.2 Å². The molecule has 1 heterocycles. The summed E-state index contributed by atoms with van der Waals surface area (Å²) in [5.41, 5.74) is 1.39. The van der Waals surface area contributed by atoms with Crippen LogP contribution in [-0.4, -0.2) is 30.8 Å². The topological polar surface area (TPSA) is 38.8 Å². The molecule has 1 aliphatic rings. The largest absolute Gasteiger partial charge is 0.493 e. The number of amides is 1. The van der Waals surface area contributed by atoms with Crippen molar-refractivity contribution < 1.29 is 18.7 Å². The molecular formula is C18H17BrFNO3S. The van der Waals surface area contributed by atoms with Crippen molar-refractivity contribution >= 4 is 33.6 Å². The molecule has 3 rings (SSSR count). The van der Waals surface area contributed by atoms with Gasteiger partial charge in [-0.2, -0.15) is 0 Å². The zero-order chi connectivity index (χ0) is 18.0. The molecule has 0 aromatic heterocycles. The van der Waals surface area contributed by atoms with Crippen LogP contribution in [0.25, 0.3) is 0 Å². The van der Waals surface area contributed by atoms with Gasteiger partial charge in [-0.15, -0.1) is 11.8 Å². The van der Waals surface area contributed by atoms with Gasteiger partial charge in [0.05, 0.1) is 20.0 Å². The maximum atomic E-state index is 14.0. The van der Waals surface area contributed by atoms with Crippen LogP contribution in [0.5, 0.6) is 11.5 Å². The summed E-state index contributed by atoms with van der Waals surface area (Å²) >= 11 is 5.06. The number of rotatable bonds is 5. The predicted molar refractivity (Wildman–Crippen MR) is 99.4 cm³/mol. The third kappa shape index (κ3) is 3.62. The number of nitrogens with zero attached hydrogens (tertiary/aromatic N) is 1. The average Bonchev–Trinajstić information content (AvgIpc) is 2.97. The van der Waals surface area contributed by atoms with Crippen molar-refractivity contribution in [3.8, 4) is 11.5 Å². The van der Waals surface area contributed by atoms with Crippen molar-refractivity contribution in [2.45, 2.75) is 11.9 Å². The zero-order valence-electron chi connectivity index (χ0n) is 13.8. The van der Waals surface area contributed by atoms with Crippen LogP contribution in [0.3, 0.4) is 0 Å². The minimum Gasteiger partial charge on any atom is -0.493 e. The lowest BCUT2D eigenvalue weighted by Gasteiger charge is -2.26. The number of carbonyl (C=O) groups is 1. The molecule has 0 spiro atoms. The molecule has 1 aliphatic heterocycles. The van der Waals surface area contributed by atoms with Gasteiger partial charge in [0.25, 0.3) is 0 Å². The standard InChI is InChI=1S/C18H17BrFNO3S/c1-23-15-7-12(13(19)8-16(15)24-2)18-21(17(22)10-25-18)9-11-5-3-4-6-14(11)20/h3-8,18H,9-10H2,1-2H3. The molecule has 7 heteroatoms. The van der Waals surface area contributed by atoms with Crippen LogP contribution in [0.1, 0.15) is 16.5 Å². The molecule has 0 bridgehead atoms. The molecule has 1 unspecified atom stereocenters. The number of methoxy groups -OCH3 is 2. The molecule has 1 atom stereocenters. The molecule has 132 valence electrons. The molecule has 0 aliphatic carbocycles. The van der Waals surface area contributed by atoms with Crippen molar-refractivity contribution in [2.75, 3.05) is 20.0 Å². The van der Waals surface area contributed by atoms with E-state index in [9.17, 15) is 9.18 Å². The fourth-order valence-electron chi connectivity index (χ4n) is 2.75. The smallest absolute Gasteiger partial charge is 0.234 e. The highest BCUT2D eigenvalue weighted by Gasteiger charge is 2.35. The van der Waals surface area contributed by atoms with Crippen LogP contribution in [0, 0.1) is 5.82 Å². The lowest BCUT2D eigenvalue weighted by Crippen LogP contribution is -2.28. The second-order valence-electron chi connectivity index (χ2n) is 5.51. The normalized spacial score (nSPS) is 17.0. The second-order valence-corrected chi connectivity index (χ2v) is 7.43. The molecule has 1 fully saturated rings. The Labute approximate surface area is 158 Å². The lowest BCUT2D eigenvalue weighted by molar-refractivity contribution is -0.128. The highest BCUT2D eigenvalue weighted by atomic mass is 79.9. The Balaban J connectivity index is 1.95. The molecule has 1 saturated heterocycles. The van der Waals surface area contributed by atoms with Gasteiger partial charge in [0.2, 0.25) is 5.91 Å². The molecule has 1 amide bonds. The molecule has 4 nitrogen and oxygen atoms in total. The Bertz CT molecular complexity index is 802. The molecular weight excluding hydrogens is 409 g/mol. The summed E-state index contributed by atoms with van der Waals surface area (Å²) in [6.07, 6.45) is 0.